The van der Waals surface area contributed by atoms with Gasteiger partial charge in [-0.25, -0.2) is 9.59 Å². The fraction of sp³-hybridized carbons (Fsp3) is 0.381. The van der Waals surface area contributed by atoms with Crippen LogP contribution >= 0.6 is 0 Å². The van der Waals surface area contributed by atoms with Crippen LogP contribution in [0.2, 0.25) is 0 Å². The molecule has 0 aliphatic carbocycles. The monoisotopic (exact) mass is 382 g/mol. The quantitative estimate of drug-likeness (QED) is 0.829. The first-order valence-electron chi connectivity index (χ1n) is 9.52. The zero-order chi connectivity index (χ0) is 19.9. The molecule has 1 atom stereocenters. The Labute approximate surface area is 165 Å². The van der Waals surface area contributed by atoms with Crippen LogP contribution in [0, 0.1) is 6.92 Å². The molecule has 0 saturated carbocycles. The van der Waals surface area contributed by atoms with Gasteiger partial charge in [-0.1, -0.05) is 30.3 Å². The fourth-order valence-corrected chi connectivity index (χ4v) is 3.40. The van der Waals surface area contributed by atoms with Crippen molar-refractivity contribution >= 4 is 17.7 Å². The van der Waals surface area contributed by atoms with E-state index in [4.69, 9.17) is 0 Å². The summed E-state index contributed by atoms with van der Waals surface area (Å²) in [5.74, 6) is -1.03. The van der Waals surface area contributed by atoms with Gasteiger partial charge < -0.3 is 20.2 Å². The van der Waals surface area contributed by atoms with Crippen molar-refractivity contribution in [3.63, 3.8) is 0 Å². The Morgan fingerprint density at radius 3 is 2.64 bits per heavy atom. The molecular weight excluding hydrogens is 356 g/mol. The molecule has 1 fully saturated rings. The van der Waals surface area contributed by atoms with Gasteiger partial charge in [-0.05, 0) is 31.0 Å². The van der Waals surface area contributed by atoms with Gasteiger partial charge in [-0.15, -0.1) is 0 Å². The number of carboxylic acid groups (broad SMARTS) is 1. The third kappa shape index (κ3) is 5.22. The Morgan fingerprint density at radius 1 is 1.14 bits per heavy atom. The summed E-state index contributed by atoms with van der Waals surface area (Å²) in [6, 6.07) is 12.1. The lowest BCUT2D eigenvalue weighted by molar-refractivity contribution is -0.139. The van der Waals surface area contributed by atoms with Gasteiger partial charge in [0, 0.05) is 50.2 Å². The maximum absolute atomic E-state index is 12.7. The zero-order valence-electron chi connectivity index (χ0n) is 16.0. The second-order valence-corrected chi connectivity index (χ2v) is 7.01. The van der Waals surface area contributed by atoms with Crippen molar-refractivity contribution in [2.75, 3.05) is 31.1 Å². The van der Waals surface area contributed by atoms with E-state index >= 15 is 0 Å². The predicted molar refractivity (Wildman–Crippen MR) is 107 cm³/mol. The molecule has 0 unspecified atom stereocenters. The number of nitrogens with one attached hydrogen (secondary N) is 1. The number of carbonyl (C=O) groups excluding carboxylic acids is 1. The van der Waals surface area contributed by atoms with Crippen LogP contribution in [-0.4, -0.2) is 59.2 Å². The van der Waals surface area contributed by atoms with Crippen LogP contribution < -0.4 is 10.2 Å². The van der Waals surface area contributed by atoms with Gasteiger partial charge in [0.05, 0.1) is 0 Å². The highest BCUT2D eigenvalue weighted by Crippen LogP contribution is 2.17. The highest BCUT2D eigenvalue weighted by Gasteiger charge is 2.25. The summed E-state index contributed by atoms with van der Waals surface area (Å²) in [5.41, 5.74) is 2.94. The summed E-state index contributed by atoms with van der Waals surface area (Å²) in [4.78, 5) is 32.5. The number of aromatic nitrogens is 1. The van der Waals surface area contributed by atoms with Crippen LogP contribution in [0.5, 0.6) is 0 Å². The summed E-state index contributed by atoms with van der Waals surface area (Å²) in [7, 11) is 0. The molecule has 1 aliphatic rings. The summed E-state index contributed by atoms with van der Waals surface area (Å²) in [5, 5.41) is 12.2. The SMILES string of the molecule is Cc1cc(N2CCCN(C(=O)N[C@@H](Cc3ccccc3)C(=O)O)CC2)ccn1. The molecule has 7 heteroatoms. The van der Waals surface area contributed by atoms with Crippen LogP contribution in [0.1, 0.15) is 17.7 Å². The average molecular weight is 382 g/mol. The average Bonchev–Trinajstić information content (AvgIpc) is 2.94. The number of nitrogens with zero attached hydrogens (tertiary/aromatic N) is 3. The second kappa shape index (κ2) is 9.21. The van der Waals surface area contributed by atoms with Gasteiger partial charge in [0.15, 0.2) is 0 Å². The highest BCUT2D eigenvalue weighted by molar-refractivity contribution is 5.83. The molecule has 1 aromatic heterocycles. The highest BCUT2D eigenvalue weighted by atomic mass is 16.4. The lowest BCUT2D eigenvalue weighted by Crippen LogP contribution is -2.49. The van der Waals surface area contributed by atoms with Gasteiger partial charge in [0.25, 0.3) is 0 Å². The number of aryl methyl sites for hydroxylation is 1. The smallest absolute Gasteiger partial charge is 0.326 e. The third-order valence-electron chi connectivity index (χ3n) is 4.91. The first-order valence-corrected chi connectivity index (χ1v) is 9.52. The maximum atomic E-state index is 12.7. The van der Waals surface area contributed by atoms with E-state index in [1.54, 1.807) is 11.1 Å². The molecule has 148 valence electrons. The number of hydrogen-bond donors (Lipinski definition) is 2. The first kappa shape index (κ1) is 19.7. The van der Waals surface area contributed by atoms with E-state index in [-0.39, 0.29) is 12.5 Å². The zero-order valence-corrected chi connectivity index (χ0v) is 16.0. The molecule has 2 amide bonds. The summed E-state index contributed by atoms with van der Waals surface area (Å²) in [6.07, 6.45) is 2.88. The van der Waals surface area contributed by atoms with Crippen molar-refractivity contribution in [2.24, 2.45) is 0 Å². The Kier molecular flexibility index (Phi) is 6.47. The van der Waals surface area contributed by atoms with E-state index in [0.29, 0.717) is 19.6 Å². The normalized spacial score (nSPS) is 15.6. The number of amides is 2. The molecule has 1 aromatic carbocycles. The molecule has 3 rings (SSSR count). The van der Waals surface area contributed by atoms with Crippen molar-refractivity contribution < 1.29 is 14.7 Å². The van der Waals surface area contributed by atoms with E-state index in [9.17, 15) is 14.7 Å². The number of pyridine rings is 1. The van der Waals surface area contributed by atoms with Crippen LogP contribution in [0.15, 0.2) is 48.7 Å². The molecule has 2 N–H and O–H groups in total. The molecule has 1 aliphatic heterocycles. The number of carbonyl (C=O) groups is 2. The second-order valence-electron chi connectivity index (χ2n) is 7.01. The minimum absolute atomic E-state index is 0.262. The van der Waals surface area contributed by atoms with Gasteiger partial charge in [-0.3, -0.25) is 4.98 Å². The van der Waals surface area contributed by atoms with Gasteiger partial charge in [-0.2, -0.15) is 0 Å². The van der Waals surface area contributed by atoms with Gasteiger partial charge >= 0.3 is 12.0 Å². The Bertz CT molecular complexity index is 812. The minimum Gasteiger partial charge on any atom is -0.480 e. The number of aliphatic carboxylic acids is 1. The van der Waals surface area contributed by atoms with E-state index in [0.717, 1.165) is 29.9 Å². The number of hydrogen-bond acceptors (Lipinski definition) is 4. The minimum atomic E-state index is -1.03. The molecular formula is C21H26N4O3. The van der Waals surface area contributed by atoms with Crippen LogP contribution in [0.25, 0.3) is 0 Å². The van der Waals surface area contributed by atoms with Gasteiger partial charge in [0.1, 0.15) is 6.04 Å². The van der Waals surface area contributed by atoms with Crippen LogP contribution in [-0.2, 0) is 11.2 Å². The van der Waals surface area contributed by atoms with Crippen LogP contribution in [0.4, 0.5) is 10.5 Å². The van der Waals surface area contributed by atoms with Gasteiger partial charge in [0.2, 0.25) is 0 Å². The Hall–Kier alpha value is -3.09. The van der Waals surface area contributed by atoms with E-state index in [1.807, 2.05) is 49.4 Å². The van der Waals surface area contributed by atoms with Crippen LogP contribution in [0.3, 0.4) is 0 Å². The summed E-state index contributed by atoms with van der Waals surface area (Å²) < 4.78 is 0. The maximum Gasteiger partial charge on any atom is 0.326 e. The molecule has 0 spiro atoms. The molecule has 2 aromatic rings. The molecule has 0 bridgehead atoms. The summed E-state index contributed by atoms with van der Waals surface area (Å²) in [6.45, 7) is 4.65. The number of benzene rings is 1. The number of carboxylic acids is 1. The molecule has 28 heavy (non-hydrogen) atoms. The van der Waals surface area contributed by atoms with E-state index in [1.165, 1.54) is 0 Å². The topological polar surface area (TPSA) is 85.8 Å². The lowest BCUT2D eigenvalue weighted by atomic mass is 10.1. The Morgan fingerprint density at radius 2 is 1.93 bits per heavy atom. The van der Waals surface area contributed by atoms with Crippen molar-refractivity contribution in [1.82, 2.24) is 15.2 Å². The predicted octanol–water partition coefficient (Wildman–Crippen LogP) is 2.31. The number of rotatable bonds is 5. The number of anilines is 1. The Balaban J connectivity index is 1.59. The van der Waals surface area contributed by atoms with Crippen molar-refractivity contribution in [3.8, 4) is 0 Å². The first-order chi connectivity index (χ1) is 13.5. The van der Waals surface area contributed by atoms with E-state index in [2.05, 4.69) is 15.2 Å². The van der Waals surface area contributed by atoms with Crippen molar-refractivity contribution in [1.29, 1.82) is 0 Å². The lowest BCUT2D eigenvalue weighted by Gasteiger charge is -2.25. The molecule has 1 saturated heterocycles. The molecule has 2 heterocycles. The van der Waals surface area contributed by atoms with Crippen molar-refractivity contribution in [2.45, 2.75) is 25.8 Å². The molecule has 0 radical (unpaired) electrons. The standard InChI is InChI=1S/C21H26N4O3/c1-16-14-18(8-9-22-16)24-10-5-11-25(13-12-24)21(28)23-19(20(26)27)15-17-6-3-2-4-7-17/h2-4,6-9,14,19H,5,10-13,15H2,1H3,(H,23,28)(H,26,27)/t19-/m0/s1. The number of urea groups is 1. The molecule has 7 nitrogen and oxygen atoms in total. The van der Waals surface area contributed by atoms with E-state index < -0.39 is 12.0 Å². The summed E-state index contributed by atoms with van der Waals surface area (Å²) >= 11 is 0. The largest absolute Gasteiger partial charge is 0.480 e. The third-order valence-corrected chi connectivity index (χ3v) is 4.91. The van der Waals surface area contributed by atoms with Crippen molar-refractivity contribution in [3.05, 3.63) is 59.9 Å². The fourth-order valence-electron chi connectivity index (χ4n) is 3.40.